The molecule has 1 heterocycles. The van der Waals surface area contributed by atoms with Gasteiger partial charge in [0.15, 0.2) is 0 Å². The van der Waals surface area contributed by atoms with Gasteiger partial charge in [-0.15, -0.1) is 0 Å². The summed E-state index contributed by atoms with van der Waals surface area (Å²) < 4.78 is 0. The Bertz CT molecular complexity index is 299. The number of aliphatic hydroxyl groups is 1. The normalized spacial score (nSPS) is 11.9. The van der Waals surface area contributed by atoms with E-state index in [2.05, 4.69) is 15.6 Å². The molecule has 82 valence electrons. The van der Waals surface area contributed by atoms with Crippen LogP contribution in [0.5, 0.6) is 0 Å². The van der Waals surface area contributed by atoms with Crippen molar-refractivity contribution >= 4 is 11.7 Å². The first-order valence-corrected chi connectivity index (χ1v) is 4.84. The van der Waals surface area contributed by atoms with Crippen LogP contribution >= 0.6 is 0 Å². The van der Waals surface area contributed by atoms with E-state index in [1.807, 2.05) is 6.92 Å². The Balaban J connectivity index is 2.43. The molecule has 1 aromatic heterocycles. The molecule has 0 saturated heterocycles. The fourth-order valence-electron chi connectivity index (χ4n) is 1.06. The smallest absolute Gasteiger partial charge is 0.319 e. The molecule has 0 aliphatic carbocycles. The van der Waals surface area contributed by atoms with Gasteiger partial charge in [-0.2, -0.15) is 0 Å². The van der Waals surface area contributed by atoms with Gasteiger partial charge >= 0.3 is 6.03 Å². The quantitative estimate of drug-likeness (QED) is 0.691. The number of carbonyl (C=O) groups is 1. The van der Waals surface area contributed by atoms with Crippen molar-refractivity contribution in [3.05, 3.63) is 24.5 Å². The highest BCUT2D eigenvalue weighted by molar-refractivity contribution is 5.89. The highest BCUT2D eigenvalue weighted by Crippen LogP contribution is 2.02. The number of nitrogens with one attached hydrogen (secondary N) is 2. The predicted molar refractivity (Wildman–Crippen MR) is 57.6 cm³/mol. The molecule has 0 aliphatic rings. The monoisotopic (exact) mass is 209 g/mol. The van der Waals surface area contributed by atoms with Crippen molar-refractivity contribution in [2.45, 2.75) is 19.4 Å². The third-order valence-electron chi connectivity index (χ3n) is 1.99. The second-order valence-corrected chi connectivity index (χ2v) is 3.12. The van der Waals surface area contributed by atoms with Crippen LogP contribution in [0.15, 0.2) is 24.5 Å². The van der Waals surface area contributed by atoms with Crippen molar-refractivity contribution in [1.82, 2.24) is 10.3 Å². The van der Waals surface area contributed by atoms with E-state index < -0.39 is 0 Å². The third kappa shape index (κ3) is 3.95. The highest BCUT2D eigenvalue weighted by Gasteiger charge is 2.08. The zero-order valence-corrected chi connectivity index (χ0v) is 8.60. The number of pyridine rings is 1. The number of anilines is 1. The SMILES string of the molecule is CCC(CO)NC(=O)Nc1ccncc1. The van der Waals surface area contributed by atoms with Crippen molar-refractivity contribution in [3.8, 4) is 0 Å². The number of rotatable bonds is 4. The first kappa shape index (κ1) is 11.5. The number of hydrogen-bond acceptors (Lipinski definition) is 3. The van der Waals surface area contributed by atoms with Crippen LogP contribution in [0.2, 0.25) is 0 Å². The molecule has 1 rings (SSSR count). The van der Waals surface area contributed by atoms with Crippen LogP contribution in [0.25, 0.3) is 0 Å². The Morgan fingerprint density at radius 3 is 2.73 bits per heavy atom. The van der Waals surface area contributed by atoms with Crippen LogP contribution in [0, 0.1) is 0 Å². The van der Waals surface area contributed by atoms with Crippen molar-refractivity contribution in [2.75, 3.05) is 11.9 Å². The van der Waals surface area contributed by atoms with E-state index in [1.165, 1.54) is 0 Å². The van der Waals surface area contributed by atoms with Gasteiger partial charge in [0.25, 0.3) is 0 Å². The lowest BCUT2D eigenvalue weighted by Gasteiger charge is -2.14. The van der Waals surface area contributed by atoms with Crippen LogP contribution in [0.4, 0.5) is 10.5 Å². The lowest BCUT2D eigenvalue weighted by Crippen LogP contribution is -2.39. The second kappa shape index (κ2) is 5.98. The maximum atomic E-state index is 11.4. The molecule has 5 nitrogen and oxygen atoms in total. The minimum absolute atomic E-state index is 0.0553. The summed E-state index contributed by atoms with van der Waals surface area (Å²) in [6.45, 7) is 1.84. The van der Waals surface area contributed by atoms with Crippen LogP contribution in [0.3, 0.4) is 0 Å². The number of hydrogen-bond donors (Lipinski definition) is 3. The minimum atomic E-state index is -0.317. The molecule has 0 saturated carbocycles. The van der Waals surface area contributed by atoms with Crippen LogP contribution < -0.4 is 10.6 Å². The molecule has 0 fully saturated rings. The molecule has 0 aromatic carbocycles. The van der Waals surface area contributed by atoms with Gasteiger partial charge in [-0.05, 0) is 18.6 Å². The third-order valence-corrected chi connectivity index (χ3v) is 1.99. The van der Waals surface area contributed by atoms with Gasteiger partial charge < -0.3 is 15.7 Å². The Labute approximate surface area is 88.5 Å². The maximum absolute atomic E-state index is 11.4. The maximum Gasteiger partial charge on any atom is 0.319 e. The molecule has 1 atom stereocenters. The van der Waals surface area contributed by atoms with Crippen LogP contribution in [-0.2, 0) is 0 Å². The molecule has 5 heteroatoms. The largest absolute Gasteiger partial charge is 0.394 e. The zero-order valence-electron chi connectivity index (χ0n) is 8.60. The average molecular weight is 209 g/mol. The summed E-state index contributed by atoms with van der Waals surface area (Å²) >= 11 is 0. The number of urea groups is 1. The molecule has 2 amide bonds. The number of amides is 2. The standard InChI is InChI=1S/C10H15N3O2/c1-2-8(7-14)12-10(15)13-9-3-5-11-6-4-9/h3-6,8,14H,2,7H2,1H3,(H2,11,12,13,15). The highest BCUT2D eigenvalue weighted by atomic mass is 16.3. The Hall–Kier alpha value is -1.62. The lowest BCUT2D eigenvalue weighted by atomic mass is 10.2. The van der Waals surface area contributed by atoms with Crippen molar-refractivity contribution in [3.63, 3.8) is 0 Å². The first-order chi connectivity index (χ1) is 7.26. The van der Waals surface area contributed by atoms with Crippen LogP contribution in [0.1, 0.15) is 13.3 Å². The van der Waals surface area contributed by atoms with E-state index in [1.54, 1.807) is 24.5 Å². The Morgan fingerprint density at radius 2 is 2.20 bits per heavy atom. The molecular weight excluding hydrogens is 194 g/mol. The first-order valence-electron chi connectivity index (χ1n) is 4.84. The predicted octanol–water partition coefficient (Wildman–Crippen LogP) is 0.974. The summed E-state index contributed by atoms with van der Waals surface area (Å²) in [6, 6.07) is 2.87. The van der Waals surface area contributed by atoms with Gasteiger partial charge in [0.05, 0.1) is 12.6 Å². The van der Waals surface area contributed by atoms with Gasteiger partial charge in [0.2, 0.25) is 0 Å². The summed E-state index contributed by atoms with van der Waals surface area (Å²) in [5.41, 5.74) is 0.676. The summed E-state index contributed by atoms with van der Waals surface area (Å²) in [5, 5.41) is 14.2. The molecule has 0 aliphatic heterocycles. The lowest BCUT2D eigenvalue weighted by molar-refractivity contribution is 0.222. The van der Waals surface area contributed by atoms with Gasteiger partial charge in [-0.3, -0.25) is 4.98 Å². The van der Waals surface area contributed by atoms with E-state index in [0.717, 1.165) is 0 Å². The van der Waals surface area contributed by atoms with Gasteiger partial charge in [0, 0.05) is 18.1 Å². The van der Waals surface area contributed by atoms with Gasteiger partial charge in [0.1, 0.15) is 0 Å². The minimum Gasteiger partial charge on any atom is -0.394 e. The Morgan fingerprint density at radius 1 is 1.53 bits per heavy atom. The molecular formula is C10H15N3O2. The number of nitrogens with zero attached hydrogens (tertiary/aromatic N) is 1. The molecule has 3 N–H and O–H groups in total. The summed E-state index contributed by atoms with van der Waals surface area (Å²) in [5.74, 6) is 0. The number of aliphatic hydroxyl groups excluding tert-OH is 1. The average Bonchev–Trinajstić information content (AvgIpc) is 2.27. The fourth-order valence-corrected chi connectivity index (χ4v) is 1.06. The van der Waals surface area contributed by atoms with Gasteiger partial charge in [-0.25, -0.2) is 4.79 Å². The fraction of sp³-hybridized carbons (Fsp3) is 0.400. The summed E-state index contributed by atoms with van der Waals surface area (Å²) in [6.07, 6.45) is 3.89. The molecule has 1 aromatic rings. The molecule has 0 spiro atoms. The van der Waals surface area contributed by atoms with E-state index in [-0.39, 0.29) is 18.7 Å². The molecule has 0 radical (unpaired) electrons. The van der Waals surface area contributed by atoms with E-state index in [4.69, 9.17) is 5.11 Å². The van der Waals surface area contributed by atoms with Gasteiger partial charge in [-0.1, -0.05) is 6.92 Å². The number of carbonyl (C=O) groups excluding carboxylic acids is 1. The van der Waals surface area contributed by atoms with E-state index in [0.29, 0.717) is 12.1 Å². The molecule has 0 bridgehead atoms. The van der Waals surface area contributed by atoms with E-state index in [9.17, 15) is 4.79 Å². The molecule has 1 unspecified atom stereocenters. The van der Waals surface area contributed by atoms with Crippen molar-refractivity contribution in [2.24, 2.45) is 0 Å². The van der Waals surface area contributed by atoms with Crippen molar-refractivity contribution in [1.29, 1.82) is 0 Å². The summed E-state index contributed by atoms with van der Waals surface area (Å²) in [4.78, 5) is 15.2. The topological polar surface area (TPSA) is 74.2 Å². The van der Waals surface area contributed by atoms with Crippen LogP contribution in [-0.4, -0.2) is 28.8 Å². The zero-order chi connectivity index (χ0) is 11.1. The summed E-state index contributed by atoms with van der Waals surface area (Å²) in [7, 11) is 0. The molecule has 15 heavy (non-hydrogen) atoms. The second-order valence-electron chi connectivity index (χ2n) is 3.12. The Kier molecular flexibility index (Phi) is 4.56. The number of aromatic nitrogens is 1. The van der Waals surface area contributed by atoms with Crippen molar-refractivity contribution < 1.29 is 9.90 Å². The van der Waals surface area contributed by atoms with E-state index >= 15 is 0 Å².